The van der Waals surface area contributed by atoms with Crippen LogP contribution in [0.4, 0.5) is 4.39 Å². The Labute approximate surface area is 166 Å². The van der Waals surface area contributed by atoms with Crippen LogP contribution in [-0.4, -0.2) is 23.8 Å². The van der Waals surface area contributed by atoms with Crippen LogP contribution in [0.2, 0.25) is 10.0 Å². The van der Waals surface area contributed by atoms with Crippen molar-refractivity contribution in [1.82, 2.24) is 5.32 Å². The van der Waals surface area contributed by atoms with Gasteiger partial charge in [-0.1, -0.05) is 49.2 Å². The SMILES string of the molecule is CNC(=O)CSc1cc(Cl)c(Cc2ccc(O)c(C(C)C)c2)c(Cl)c1F. The van der Waals surface area contributed by atoms with Crippen molar-refractivity contribution < 1.29 is 14.3 Å². The first kappa shape index (κ1) is 20.9. The number of phenolic OH excluding ortho intramolecular Hbond substituents is 1. The molecule has 26 heavy (non-hydrogen) atoms. The van der Waals surface area contributed by atoms with Crippen molar-refractivity contribution in [3.05, 3.63) is 56.8 Å². The Balaban J connectivity index is 2.32. The lowest BCUT2D eigenvalue weighted by Crippen LogP contribution is -2.19. The minimum atomic E-state index is -0.581. The molecular weight excluding hydrogens is 396 g/mol. The zero-order chi connectivity index (χ0) is 19.4. The van der Waals surface area contributed by atoms with E-state index in [-0.39, 0.29) is 33.2 Å². The van der Waals surface area contributed by atoms with Gasteiger partial charge < -0.3 is 10.4 Å². The van der Waals surface area contributed by atoms with Crippen LogP contribution in [0.15, 0.2) is 29.2 Å². The molecule has 1 amide bonds. The van der Waals surface area contributed by atoms with Gasteiger partial charge >= 0.3 is 0 Å². The van der Waals surface area contributed by atoms with Crippen molar-refractivity contribution in [3.8, 4) is 5.75 Å². The number of hydrogen-bond acceptors (Lipinski definition) is 3. The van der Waals surface area contributed by atoms with E-state index in [1.807, 2.05) is 19.9 Å². The van der Waals surface area contributed by atoms with Crippen molar-refractivity contribution in [1.29, 1.82) is 0 Å². The van der Waals surface area contributed by atoms with Crippen LogP contribution in [0, 0.1) is 5.82 Å². The quantitative estimate of drug-likeness (QED) is 0.490. The number of amides is 1. The van der Waals surface area contributed by atoms with E-state index in [1.54, 1.807) is 12.1 Å². The molecule has 0 radical (unpaired) electrons. The van der Waals surface area contributed by atoms with Crippen LogP contribution in [0.25, 0.3) is 0 Å². The molecule has 0 atom stereocenters. The van der Waals surface area contributed by atoms with Gasteiger partial charge in [0.05, 0.1) is 10.8 Å². The minimum Gasteiger partial charge on any atom is -0.508 e. The van der Waals surface area contributed by atoms with Gasteiger partial charge in [-0.25, -0.2) is 4.39 Å². The van der Waals surface area contributed by atoms with E-state index in [0.29, 0.717) is 17.0 Å². The van der Waals surface area contributed by atoms with Crippen molar-refractivity contribution >= 4 is 40.9 Å². The summed E-state index contributed by atoms with van der Waals surface area (Å²) in [5.74, 6) is -0.331. The Morgan fingerprint density at radius 1 is 1.31 bits per heavy atom. The molecule has 0 spiro atoms. The van der Waals surface area contributed by atoms with Crippen molar-refractivity contribution in [2.45, 2.75) is 31.1 Å². The Kier molecular flexibility index (Phi) is 7.21. The predicted molar refractivity (Wildman–Crippen MR) is 106 cm³/mol. The molecule has 2 N–H and O–H groups in total. The molecule has 0 unspecified atom stereocenters. The summed E-state index contributed by atoms with van der Waals surface area (Å²) in [5.41, 5.74) is 2.17. The average Bonchev–Trinajstić information content (AvgIpc) is 2.61. The smallest absolute Gasteiger partial charge is 0.230 e. The molecule has 0 aliphatic carbocycles. The van der Waals surface area contributed by atoms with E-state index in [9.17, 15) is 14.3 Å². The van der Waals surface area contributed by atoms with Gasteiger partial charge in [0.2, 0.25) is 5.91 Å². The fraction of sp³-hybridized carbons (Fsp3) is 0.316. The topological polar surface area (TPSA) is 49.3 Å². The summed E-state index contributed by atoms with van der Waals surface area (Å²) >= 11 is 13.6. The molecule has 0 aliphatic rings. The zero-order valence-electron chi connectivity index (χ0n) is 14.7. The van der Waals surface area contributed by atoms with Gasteiger partial charge in [0.15, 0.2) is 5.82 Å². The third-order valence-corrected chi connectivity index (χ3v) is 5.70. The second kappa shape index (κ2) is 8.98. The average molecular weight is 416 g/mol. The molecule has 2 aromatic carbocycles. The van der Waals surface area contributed by atoms with Crippen molar-refractivity contribution in [2.24, 2.45) is 0 Å². The molecule has 0 fully saturated rings. The second-order valence-electron chi connectivity index (χ2n) is 6.15. The zero-order valence-corrected chi connectivity index (χ0v) is 17.0. The first-order valence-electron chi connectivity index (χ1n) is 8.06. The van der Waals surface area contributed by atoms with Gasteiger partial charge in [-0.2, -0.15) is 0 Å². The molecule has 0 saturated carbocycles. The molecule has 0 aliphatic heterocycles. The summed E-state index contributed by atoms with van der Waals surface area (Å²) in [5, 5.41) is 12.7. The monoisotopic (exact) mass is 415 g/mol. The van der Waals surface area contributed by atoms with E-state index in [4.69, 9.17) is 23.2 Å². The van der Waals surface area contributed by atoms with E-state index in [0.717, 1.165) is 22.9 Å². The summed E-state index contributed by atoms with van der Waals surface area (Å²) in [6.45, 7) is 3.97. The molecule has 7 heteroatoms. The van der Waals surface area contributed by atoms with Gasteiger partial charge in [0.1, 0.15) is 5.75 Å². The van der Waals surface area contributed by atoms with E-state index < -0.39 is 5.82 Å². The van der Waals surface area contributed by atoms with E-state index >= 15 is 0 Å². The molecule has 0 heterocycles. The fourth-order valence-corrected chi connectivity index (χ4v) is 4.04. The number of benzene rings is 2. The second-order valence-corrected chi connectivity index (χ2v) is 7.95. The van der Waals surface area contributed by atoms with E-state index in [2.05, 4.69) is 5.32 Å². The highest BCUT2D eigenvalue weighted by Crippen LogP contribution is 2.37. The lowest BCUT2D eigenvalue weighted by atomic mass is 9.96. The van der Waals surface area contributed by atoms with Gasteiger partial charge in [-0.15, -0.1) is 11.8 Å². The van der Waals surface area contributed by atoms with Crippen LogP contribution < -0.4 is 5.32 Å². The molecule has 0 bridgehead atoms. The maximum atomic E-state index is 14.6. The molecule has 0 saturated heterocycles. The Morgan fingerprint density at radius 2 is 2.00 bits per heavy atom. The summed E-state index contributed by atoms with van der Waals surface area (Å²) in [7, 11) is 1.52. The Morgan fingerprint density at radius 3 is 2.62 bits per heavy atom. The Hall–Kier alpha value is -1.43. The number of phenols is 1. The lowest BCUT2D eigenvalue weighted by Gasteiger charge is -2.14. The van der Waals surface area contributed by atoms with Crippen LogP contribution in [0.5, 0.6) is 5.75 Å². The van der Waals surface area contributed by atoms with Crippen LogP contribution in [0.1, 0.15) is 36.5 Å². The van der Waals surface area contributed by atoms with Gasteiger partial charge in [0, 0.05) is 23.4 Å². The number of halogens is 3. The first-order chi connectivity index (χ1) is 12.2. The predicted octanol–water partition coefficient (Wildman–Crippen LogP) is 5.39. The fourth-order valence-electron chi connectivity index (χ4n) is 2.47. The van der Waals surface area contributed by atoms with Gasteiger partial charge in [-0.05, 0) is 34.7 Å². The molecule has 140 valence electrons. The highest BCUT2D eigenvalue weighted by atomic mass is 35.5. The number of nitrogens with one attached hydrogen (secondary N) is 1. The summed E-state index contributed by atoms with van der Waals surface area (Å²) in [4.78, 5) is 11.6. The highest BCUT2D eigenvalue weighted by molar-refractivity contribution is 8.00. The first-order valence-corrected chi connectivity index (χ1v) is 9.80. The number of carbonyl (C=O) groups is 1. The Bertz CT molecular complexity index is 828. The van der Waals surface area contributed by atoms with Crippen molar-refractivity contribution in [2.75, 3.05) is 12.8 Å². The summed E-state index contributed by atoms with van der Waals surface area (Å²) in [6.07, 6.45) is 0.342. The maximum Gasteiger partial charge on any atom is 0.230 e. The summed E-state index contributed by atoms with van der Waals surface area (Å²) < 4.78 is 14.6. The number of hydrogen-bond donors (Lipinski definition) is 2. The molecule has 2 aromatic rings. The molecule has 0 aromatic heterocycles. The van der Waals surface area contributed by atoms with Crippen molar-refractivity contribution in [3.63, 3.8) is 0 Å². The van der Waals surface area contributed by atoms with E-state index in [1.165, 1.54) is 13.1 Å². The maximum absolute atomic E-state index is 14.6. The third-order valence-electron chi connectivity index (χ3n) is 3.95. The third kappa shape index (κ3) is 4.84. The number of rotatable bonds is 6. The number of carbonyl (C=O) groups excluding carboxylic acids is 1. The minimum absolute atomic E-state index is 0.0453. The van der Waals surface area contributed by atoms with Crippen LogP contribution in [-0.2, 0) is 11.2 Å². The summed E-state index contributed by atoms with van der Waals surface area (Å²) in [6, 6.07) is 6.75. The largest absolute Gasteiger partial charge is 0.508 e. The van der Waals surface area contributed by atoms with Gasteiger partial charge in [-0.3, -0.25) is 4.79 Å². The van der Waals surface area contributed by atoms with Crippen LogP contribution >= 0.6 is 35.0 Å². The van der Waals surface area contributed by atoms with Gasteiger partial charge in [0.25, 0.3) is 0 Å². The standard InChI is InChI=1S/C19H20Cl2FNO2S/c1-10(2)12-6-11(4-5-15(12)24)7-13-14(20)8-16(19(22)18(13)21)26-9-17(25)23-3/h4-6,8,10,24H,7,9H2,1-3H3,(H,23,25). The lowest BCUT2D eigenvalue weighted by molar-refractivity contribution is -0.118. The molecule has 2 rings (SSSR count). The highest BCUT2D eigenvalue weighted by Gasteiger charge is 2.18. The van der Waals surface area contributed by atoms with Crippen LogP contribution in [0.3, 0.4) is 0 Å². The number of thioether (sulfide) groups is 1. The normalized spacial score (nSPS) is 11.0. The molecule has 3 nitrogen and oxygen atoms in total. The molecular formula is C19H20Cl2FNO2S. The number of aromatic hydroxyl groups is 1.